The van der Waals surface area contributed by atoms with Gasteiger partial charge in [-0.3, -0.25) is 9.59 Å². The van der Waals surface area contributed by atoms with Gasteiger partial charge >= 0.3 is 0 Å². The van der Waals surface area contributed by atoms with Crippen LogP contribution in [0.3, 0.4) is 0 Å². The summed E-state index contributed by atoms with van der Waals surface area (Å²) in [5.74, 6) is -0.399. The van der Waals surface area contributed by atoms with E-state index in [4.69, 9.17) is 0 Å². The number of rotatable bonds is 4. The molecule has 0 fully saturated rings. The van der Waals surface area contributed by atoms with Gasteiger partial charge in [0.2, 0.25) is 0 Å². The molecule has 2 aromatic rings. The highest BCUT2D eigenvalue weighted by molar-refractivity contribution is 5.99. The lowest BCUT2D eigenvalue weighted by Crippen LogP contribution is -2.24. The van der Waals surface area contributed by atoms with Crippen LogP contribution in [0.5, 0.6) is 0 Å². The predicted molar refractivity (Wildman–Crippen MR) is 82.2 cm³/mol. The molecular weight excluding hydrogens is 264 g/mol. The summed E-state index contributed by atoms with van der Waals surface area (Å²) >= 11 is 0. The van der Waals surface area contributed by atoms with Gasteiger partial charge in [0.05, 0.1) is 0 Å². The zero-order chi connectivity index (χ0) is 15.2. The van der Waals surface area contributed by atoms with Gasteiger partial charge in [0.15, 0.2) is 0 Å². The molecule has 0 spiro atoms. The summed E-state index contributed by atoms with van der Waals surface area (Å²) in [6.07, 6.45) is 0. The van der Waals surface area contributed by atoms with E-state index in [9.17, 15) is 9.59 Å². The maximum absolute atomic E-state index is 12.1. The number of hydrogen-bond donors (Lipinski definition) is 2. The molecule has 0 atom stereocenters. The minimum Gasteiger partial charge on any atom is -0.355 e. The third kappa shape index (κ3) is 3.92. The Labute approximate surface area is 124 Å². The van der Waals surface area contributed by atoms with Crippen LogP contribution in [0, 0.1) is 6.92 Å². The highest BCUT2D eigenvalue weighted by Gasteiger charge is 2.09. The van der Waals surface area contributed by atoms with E-state index in [2.05, 4.69) is 10.6 Å². The van der Waals surface area contributed by atoms with Gasteiger partial charge in [-0.25, -0.2) is 0 Å². The lowest BCUT2D eigenvalue weighted by Gasteiger charge is -2.07. The summed E-state index contributed by atoms with van der Waals surface area (Å²) in [5, 5.41) is 5.39. The molecule has 0 aliphatic rings. The number of amides is 2. The second kappa shape index (κ2) is 6.70. The van der Waals surface area contributed by atoms with E-state index < -0.39 is 0 Å². The maximum atomic E-state index is 12.1. The summed E-state index contributed by atoms with van der Waals surface area (Å²) < 4.78 is 0. The number of carbonyl (C=O) groups is 2. The Bertz CT molecular complexity index is 648. The first-order valence-corrected chi connectivity index (χ1v) is 6.76. The Morgan fingerprint density at radius 2 is 1.57 bits per heavy atom. The minimum absolute atomic E-state index is 0.193. The number of nitrogens with one attached hydrogen (secondary N) is 2. The van der Waals surface area contributed by atoms with Gasteiger partial charge in [-0.1, -0.05) is 35.9 Å². The maximum Gasteiger partial charge on any atom is 0.251 e. The van der Waals surface area contributed by atoms with Gasteiger partial charge in [-0.15, -0.1) is 0 Å². The van der Waals surface area contributed by atoms with Crippen molar-refractivity contribution < 1.29 is 9.59 Å². The van der Waals surface area contributed by atoms with Crippen LogP contribution >= 0.6 is 0 Å². The first-order valence-electron chi connectivity index (χ1n) is 6.76. The molecule has 4 nitrogen and oxygen atoms in total. The van der Waals surface area contributed by atoms with Crippen LogP contribution in [0.2, 0.25) is 0 Å². The van der Waals surface area contributed by atoms with Crippen molar-refractivity contribution in [3.8, 4) is 0 Å². The lowest BCUT2D eigenvalue weighted by molar-refractivity contribution is 0.0951. The summed E-state index contributed by atoms with van der Waals surface area (Å²) in [4.78, 5) is 23.7. The Morgan fingerprint density at radius 3 is 2.19 bits per heavy atom. The summed E-state index contributed by atoms with van der Waals surface area (Å²) in [6.45, 7) is 2.48. The molecule has 0 bridgehead atoms. The molecule has 0 aliphatic heterocycles. The van der Waals surface area contributed by atoms with Crippen LogP contribution in [-0.2, 0) is 6.54 Å². The largest absolute Gasteiger partial charge is 0.355 e. The zero-order valence-corrected chi connectivity index (χ0v) is 12.1. The fourth-order valence-electron chi connectivity index (χ4n) is 1.94. The first-order chi connectivity index (χ1) is 10.1. The van der Waals surface area contributed by atoms with Crippen molar-refractivity contribution >= 4 is 11.8 Å². The highest BCUT2D eigenvalue weighted by atomic mass is 16.2. The summed E-state index contributed by atoms with van der Waals surface area (Å²) in [5.41, 5.74) is 3.17. The molecule has 0 aromatic heterocycles. The van der Waals surface area contributed by atoms with Crippen LogP contribution in [0.15, 0.2) is 48.5 Å². The monoisotopic (exact) mass is 282 g/mol. The second-order valence-electron chi connectivity index (χ2n) is 4.83. The Kier molecular flexibility index (Phi) is 4.72. The fourth-order valence-corrected chi connectivity index (χ4v) is 1.94. The quantitative estimate of drug-likeness (QED) is 0.904. The number of carbonyl (C=O) groups excluding carboxylic acids is 2. The predicted octanol–water partition coefficient (Wildman–Crippen LogP) is 2.28. The average Bonchev–Trinajstić information content (AvgIpc) is 2.53. The zero-order valence-electron chi connectivity index (χ0n) is 12.1. The van der Waals surface area contributed by atoms with Crippen LogP contribution in [0.1, 0.15) is 31.8 Å². The molecular formula is C17H18N2O2. The van der Waals surface area contributed by atoms with Crippen LogP contribution < -0.4 is 10.6 Å². The summed E-state index contributed by atoms with van der Waals surface area (Å²) in [7, 11) is 1.56. The van der Waals surface area contributed by atoms with Crippen molar-refractivity contribution in [1.29, 1.82) is 0 Å². The average molecular weight is 282 g/mol. The molecule has 2 rings (SSSR count). The molecule has 2 amide bonds. The Balaban J connectivity index is 2.03. The van der Waals surface area contributed by atoms with Crippen molar-refractivity contribution in [3.63, 3.8) is 0 Å². The van der Waals surface area contributed by atoms with E-state index in [1.54, 1.807) is 31.3 Å². The van der Waals surface area contributed by atoms with Gasteiger partial charge in [-0.2, -0.15) is 0 Å². The summed E-state index contributed by atoms with van der Waals surface area (Å²) in [6, 6.07) is 14.6. The Morgan fingerprint density at radius 1 is 0.952 bits per heavy atom. The van der Waals surface area contributed by atoms with Crippen LogP contribution in [-0.4, -0.2) is 18.9 Å². The van der Waals surface area contributed by atoms with Gasteiger partial charge in [0.1, 0.15) is 0 Å². The van der Waals surface area contributed by atoms with E-state index >= 15 is 0 Å². The van der Waals surface area contributed by atoms with Crippen molar-refractivity contribution in [1.82, 2.24) is 10.6 Å². The van der Waals surface area contributed by atoms with Gasteiger partial charge < -0.3 is 10.6 Å². The molecule has 0 unspecified atom stereocenters. The molecule has 108 valence electrons. The normalized spacial score (nSPS) is 10.0. The molecule has 0 aliphatic carbocycles. The number of aryl methyl sites for hydroxylation is 1. The SMILES string of the molecule is CNC(=O)c1cccc(C(=O)NCc2ccc(C)cc2)c1. The van der Waals surface area contributed by atoms with Crippen molar-refractivity contribution in [2.24, 2.45) is 0 Å². The topological polar surface area (TPSA) is 58.2 Å². The molecule has 21 heavy (non-hydrogen) atoms. The van der Waals surface area contributed by atoms with E-state index in [-0.39, 0.29) is 11.8 Å². The van der Waals surface area contributed by atoms with Gasteiger partial charge in [-0.05, 0) is 30.7 Å². The fraction of sp³-hybridized carbons (Fsp3) is 0.176. The molecule has 2 N–H and O–H groups in total. The highest BCUT2D eigenvalue weighted by Crippen LogP contribution is 2.07. The van der Waals surface area contributed by atoms with Crippen LogP contribution in [0.25, 0.3) is 0 Å². The third-order valence-corrected chi connectivity index (χ3v) is 3.19. The first kappa shape index (κ1) is 14.8. The van der Waals surface area contributed by atoms with Gasteiger partial charge in [0.25, 0.3) is 11.8 Å². The molecule has 0 saturated heterocycles. The number of hydrogen-bond acceptors (Lipinski definition) is 2. The third-order valence-electron chi connectivity index (χ3n) is 3.19. The molecule has 0 heterocycles. The van der Waals surface area contributed by atoms with E-state index in [1.165, 1.54) is 5.56 Å². The standard InChI is InChI=1S/C17H18N2O2/c1-12-6-8-13(9-7-12)11-19-17(21)15-5-3-4-14(10-15)16(20)18-2/h3-10H,11H2,1-2H3,(H,18,20)(H,19,21). The second-order valence-corrected chi connectivity index (χ2v) is 4.83. The van der Waals surface area contributed by atoms with E-state index in [0.717, 1.165) is 5.56 Å². The van der Waals surface area contributed by atoms with Crippen molar-refractivity contribution in [2.45, 2.75) is 13.5 Å². The van der Waals surface area contributed by atoms with E-state index in [1.807, 2.05) is 31.2 Å². The van der Waals surface area contributed by atoms with Crippen LogP contribution in [0.4, 0.5) is 0 Å². The molecule has 0 radical (unpaired) electrons. The van der Waals surface area contributed by atoms with E-state index in [0.29, 0.717) is 17.7 Å². The Hall–Kier alpha value is -2.62. The lowest BCUT2D eigenvalue weighted by atomic mass is 10.1. The molecule has 0 saturated carbocycles. The van der Waals surface area contributed by atoms with Gasteiger partial charge in [0, 0.05) is 24.7 Å². The smallest absolute Gasteiger partial charge is 0.251 e. The van der Waals surface area contributed by atoms with Crippen molar-refractivity contribution in [3.05, 3.63) is 70.8 Å². The van der Waals surface area contributed by atoms with Crippen molar-refractivity contribution in [2.75, 3.05) is 7.05 Å². The minimum atomic E-state index is -0.205. The molecule has 4 heteroatoms. The molecule has 2 aromatic carbocycles. The number of benzene rings is 2.